The molecule has 172 valence electrons. The second-order valence-electron chi connectivity index (χ2n) is 8.14. The van der Waals surface area contributed by atoms with Crippen molar-refractivity contribution in [3.8, 4) is 34.3 Å². The largest absolute Gasteiger partial charge is 0.321 e. The van der Waals surface area contributed by atoms with Crippen LogP contribution in [-0.4, -0.2) is 15.7 Å². The van der Waals surface area contributed by atoms with Gasteiger partial charge in [-0.05, 0) is 42.0 Å². The van der Waals surface area contributed by atoms with E-state index in [0.717, 1.165) is 33.8 Å². The third kappa shape index (κ3) is 4.98. The van der Waals surface area contributed by atoms with E-state index in [-0.39, 0.29) is 5.57 Å². The molecule has 0 aliphatic rings. The molecule has 5 nitrogen and oxygen atoms in total. The number of nitriles is 1. The predicted molar refractivity (Wildman–Crippen MR) is 143 cm³/mol. The molecule has 0 radical (unpaired) electrons. The summed E-state index contributed by atoms with van der Waals surface area (Å²) < 4.78 is 1.92. The van der Waals surface area contributed by atoms with E-state index in [1.807, 2.05) is 102 Å². The van der Waals surface area contributed by atoms with Gasteiger partial charge in [0.05, 0.1) is 17.1 Å². The first-order chi connectivity index (χ1) is 17.7. The number of hydrogen-bond donors (Lipinski definition) is 1. The molecule has 0 bridgehead atoms. The van der Waals surface area contributed by atoms with Gasteiger partial charge in [-0.15, -0.1) is 0 Å². The summed E-state index contributed by atoms with van der Waals surface area (Å²) in [4.78, 5) is 12.6. The van der Waals surface area contributed by atoms with Crippen molar-refractivity contribution in [2.45, 2.75) is 0 Å². The summed E-state index contributed by atoms with van der Waals surface area (Å²) >= 11 is 0. The normalized spacial score (nSPS) is 11.0. The van der Waals surface area contributed by atoms with Crippen molar-refractivity contribution in [1.29, 1.82) is 5.26 Å². The second-order valence-corrected chi connectivity index (χ2v) is 8.14. The van der Waals surface area contributed by atoms with Gasteiger partial charge >= 0.3 is 0 Å². The van der Waals surface area contributed by atoms with Crippen molar-refractivity contribution < 1.29 is 4.79 Å². The van der Waals surface area contributed by atoms with Crippen LogP contribution < -0.4 is 5.32 Å². The van der Waals surface area contributed by atoms with Crippen LogP contribution in [0.5, 0.6) is 0 Å². The Bertz CT molecular complexity index is 1550. The van der Waals surface area contributed by atoms with Crippen LogP contribution in [0.4, 0.5) is 5.69 Å². The van der Waals surface area contributed by atoms with Crippen LogP contribution in [-0.2, 0) is 4.79 Å². The van der Waals surface area contributed by atoms with Gasteiger partial charge in [-0.1, -0.05) is 91.0 Å². The molecular formula is C31H22N4O. The van der Waals surface area contributed by atoms with E-state index in [0.29, 0.717) is 5.69 Å². The lowest BCUT2D eigenvalue weighted by molar-refractivity contribution is -0.112. The topological polar surface area (TPSA) is 70.7 Å². The van der Waals surface area contributed by atoms with Crippen molar-refractivity contribution in [2.75, 3.05) is 5.32 Å². The third-order valence-corrected chi connectivity index (χ3v) is 5.69. The van der Waals surface area contributed by atoms with E-state index in [9.17, 15) is 10.1 Å². The first-order valence-electron chi connectivity index (χ1n) is 11.5. The quantitative estimate of drug-likeness (QED) is 0.222. The van der Waals surface area contributed by atoms with E-state index >= 15 is 0 Å². The SMILES string of the molecule is N#C/C(=C\c1ccc(-n2nc(-c3ccccc3)cc2-c2ccccc2)cc1)C(=O)Nc1ccccc1. The van der Waals surface area contributed by atoms with E-state index in [1.165, 1.54) is 0 Å². The number of nitrogens with one attached hydrogen (secondary N) is 1. The minimum Gasteiger partial charge on any atom is -0.321 e. The van der Waals surface area contributed by atoms with Crippen molar-refractivity contribution >= 4 is 17.7 Å². The summed E-state index contributed by atoms with van der Waals surface area (Å²) in [6.45, 7) is 0. The number of rotatable bonds is 6. The van der Waals surface area contributed by atoms with E-state index in [1.54, 1.807) is 18.2 Å². The smallest absolute Gasteiger partial charge is 0.266 e. The van der Waals surface area contributed by atoms with Crippen LogP contribution in [0.2, 0.25) is 0 Å². The fraction of sp³-hybridized carbons (Fsp3) is 0. The minimum atomic E-state index is -0.446. The Hall–Kier alpha value is -5.21. The lowest BCUT2D eigenvalue weighted by Crippen LogP contribution is -2.13. The molecule has 1 heterocycles. The van der Waals surface area contributed by atoms with E-state index in [4.69, 9.17) is 5.10 Å². The van der Waals surface area contributed by atoms with Crippen LogP contribution in [0.25, 0.3) is 34.3 Å². The van der Waals surface area contributed by atoms with Gasteiger partial charge in [0, 0.05) is 16.8 Å². The molecule has 36 heavy (non-hydrogen) atoms. The molecule has 1 aromatic heterocycles. The summed E-state index contributed by atoms with van der Waals surface area (Å²) in [6.07, 6.45) is 1.58. The highest BCUT2D eigenvalue weighted by Gasteiger charge is 2.14. The lowest BCUT2D eigenvalue weighted by Gasteiger charge is -2.08. The Morgan fingerprint density at radius 2 is 1.36 bits per heavy atom. The molecule has 0 aliphatic heterocycles. The number of hydrogen-bond acceptors (Lipinski definition) is 3. The monoisotopic (exact) mass is 466 g/mol. The number of benzene rings is 4. The average molecular weight is 467 g/mol. The molecule has 0 spiro atoms. The zero-order valence-electron chi connectivity index (χ0n) is 19.4. The average Bonchev–Trinajstić information content (AvgIpc) is 3.39. The summed E-state index contributed by atoms with van der Waals surface area (Å²) in [6, 6.07) is 41.0. The molecule has 0 fully saturated rings. The molecule has 1 amide bonds. The number of aromatic nitrogens is 2. The van der Waals surface area contributed by atoms with Gasteiger partial charge in [0.25, 0.3) is 5.91 Å². The van der Waals surface area contributed by atoms with Crippen LogP contribution >= 0.6 is 0 Å². The molecule has 5 aromatic rings. The molecule has 0 saturated heterocycles. The Labute approximate surface area is 209 Å². The number of carbonyl (C=O) groups is 1. The van der Waals surface area contributed by atoms with Crippen molar-refractivity contribution in [1.82, 2.24) is 9.78 Å². The maximum absolute atomic E-state index is 12.6. The molecule has 0 atom stereocenters. The molecular weight excluding hydrogens is 444 g/mol. The highest BCUT2D eigenvalue weighted by molar-refractivity contribution is 6.09. The van der Waals surface area contributed by atoms with E-state index < -0.39 is 5.91 Å². The number of amides is 1. The van der Waals surface area contributed by atoms with Gasteiger partial charge in [0.15, 0.2) is 0 Å². The molecule has 5 rings (SSSR count). The van der Waals surface area contributed by atoms with Gasteiger partial charge in [-0.2, -0.15) is 10.4 Å². The number of para-hydroxylation sites is 1. The van der Waals surface area contributed by atoms with Crippen molar-refractivity contribution in [3.05, 3.63) is 132 Å². The van der Waals surface area contributed by atoms with Crippen molar-refractivity contribution in [3.63, 3.8) is 0 Å². The molecule has 5 heteroatoms. The third-order valence-electron chi connectivity index (χ3n) is 5.69. The molecule has 0 unspecified atom stereocenters. The number of nitrogens with zero attached hydrogens (tertiary/aromatic N) is 3. The van der Waals surface area contributed by atoms with Crippen LogP contribution in [0.3, 0.4) is 0 Å². The first-order valence-corrected chi connectivity index (χ1v) is 11.5. The summed E-state index contributed by atoms with van der Waals surface area (Å²) in [5.74, 6) is -0.446. The lowest BCUT2D eigenvalue weighted by atomic mass is 10.1. The van der Waals surface area contributed by atoms with Crippen LogP contribution in [0, 0.1) is 11.3 Å². The first kappa shape index (κ1) is 22.6. The highest BCUT2D eigenvalue weighted by atomic mass is 16.1. The van der Waals surface area contributed by atoms with Gasteiger partial charge in [0.2, 0.25) is 0 Å². The number of anilines is 1. The van der Waals surface area contributed by atoms with Gasteiger partial charge in [-0.25, -0.2) is 4.68 Å². The molecule has 1 N–H and O–H groups in total. The van der Waals surface area contributed by atoms with Crippen LogP contribution in [0.15, 0.2) is 127 Å². The molecule has 0 aliphatic carbocycles. The van der Waals surface area contributed by atoms with E-state index in [2.05, 4.69) is 23.5 Å². The standard InChI is InChI=1S/C31H22N4O/c32-22-26(31(36)33-27-14-8-3-9-15-27)20-23-16-18-28(19-17-23)35-30(25-12-6-2-7-13-25)21-29(34-35)24-10-4-1-5-11-24/h1-21H,(H,33,36)/b26-20+. The Kier molecular flexibility index (Phi) is 6.50. The summed E-state index contributed by atoms with van der Waals surface area (Å²) in [7, 11) is 0. The Morgan fingerprint density at radius 1 is 0.778 bits per heavy atom. The van der Waals surface area contributed by atoms with Gasteiger partial charge in [0.1, 0.15) is 11.6 Å². The minimum absolute atomic E-state index is 0.0297. The van der Waals surface area contributed by atoms with Crippen LogP contribution in [0.1, 0.15) is 5.56 Å². The number of carbonyl (C=O) groups excluding carboxylic acids is 1. The zero-order chi connectivity index (χ0) is 24.7. The van der Waals surface area contributed by atoms with Gasteiger partial charge in [-0.3, -0.25) is 4.79 Å². The Balaban J connectivity index is 1.46. The van der Waals surface area contributed by atoms with Gasteiger partial charge < -0.3 is 5.32 Å². The molecule has 4 aromatic carbocycles. The Morgan fingerprint density at radius 3 is 1.97 bits per heavy atom. The predicted octanol–water partition coefficient (Wildman–Crippen LogP) is 6.75. The second kappa shape index (κ2) is 10.4. The highest BCUT2D eigenvalue weighted by Crippen LogP contribution is 2.29. The zero-order valence-corrected chi connectivity index (χ0v) is 19.4. The summed E-state index contributed by atoms with van der Waals surface area (Å²) in [5, 5.41) is 17.2. The fourth-order valence-electron chi connectivity index (χ4n) is 3.89. The van der Waals surface area contributed by atoms with Crippen molar-refractivity contribution in [2.24, 2.45) is 0 Å². The maximum atomic E-state index is 12.6. The summed E-state index contributed by atoms with van der Waals surface area (Å²) in [5.41, 5.74) is 6.23. The molecule has 0 saturated carbocycles. The maximum Gasteiger partial charge on any atom is 0.266 e. The fourth-order valence-corrected chi connectivity index (χ4v) is 3.89.